The number of fused-ring (bicyclic) bond motifs is 3. The molecule has 0 fully saturated rings. The number of aromatic nitrogens is 2. The van der Waals surface area contributed by atoms with E-state index < -0.39 is 0 Å². The highest BCUT2D eigenvalue weighted by Gasteiger charge is 2.15. The maximum atomic E-state index is 13.0. The number of likely N-dealkylation sites (N-methyl/N-ethyl adjacent to an activating group) is 1. The number of pyridine rings is 1. The standard InChI is InChI=1S/C25H24FN3O2/c1-27-10-8-22-15-19-14-21(6-7-24(19)28(22)13-12-27)29-11-9-23(16-25(29)30)31-17-18-2-4-20(26)5-3-18/h2-7,9,11,14-16H,8,10,12-13,17H2,1H3/i26-1. The molecule has 0 atom stereocenters. The molecule has 0 N–H and O–H groups in total. The summed E-state index contributed by atoms with van der Waals surface area (Å²) in [5.74, 6) is 0.210. The highest BCUT2D eigenvalue weighted by molar-refractivity contribution is 5.83. The molecule has 0 amide bonds. The molecule has 2 aromatic carbocycles. The van der Waals surface area contributed by atoms with Crippen LogP contribution >= 0.6 is 0 Å². The molecule has 5 nitrogen and oxygen atoms in total. The Morgan fingerprint density at radius 1 is 0.968 bits per heavy atom. The van der Waals surface area contributed by atoms with Gasteiger partial charge in [-0.05, 0) is 55.1 Å². The molecule has 5 rings (SSSR count). The van der Waals surface area contributed by atoms with E-state index in [0.29, 0.717) is 5.75 Å². The lowest BCUT2D eigenvalue weighted by Crippen LogP contribution is -2.21. The minimum absolute atomic E-state index is 0.154. The molecule has 0 aliphatic carbocycles. The van der Waals surface area contributed by atoms with Gasteiger partial charge in [0.2, 0.25) is 0 Å². The highest BCUT2D eigenvalue weighted by atomic mass is 18.2. The number of hydrogen-bond donors (Lipinski definition) is 0. The highest BCUT2D eigenvalue weighted by Crippen LogP contribution is 2.25. The van der Waals surface area contributed by atoms with Crippen molar-refractivity contribution < 1.29 is 9.13 Å². The summed E-state index contributed by atoms with van der Waals surface area (Å²) in [6, 6.07) is 17.8. The van der Waals surface area contributed by atoms with Crippen LogP contribution in [0.1, 0.15) is 11.3 Å². The van der Waals surface area contributed by atoms with Gasteiger partial charge in [-0.25, -0.2) is 4.39 Å². The van der Waals surface area contributed by atoms with Crippen molar-refractivity contribution in [2.75, 3.05) is 20.1 Å². The summed E-state index contributed by atoms with van der Waals surface area (Å²) in [5.41, 5.74) is 4.07. The monoisotopic (exact) mass is 416 g/mol. The quantitative estimate of drug-likeness (QED) is 0.505. The summed E-state index contributed by atoms with van der Waals surface area (Å²) in [5, 5.41) is 1.15. The Morgan fingerprint density at radius 3 is 2.61 bits per heavy atom. The van der Waals surface area contributed by atoms with Crippen molar-refractivity contribution in [3.63, 3.8) is 0 Å². The molecule has 0 spiro atoms. The van der Waals surface area contributed by atoms with Crippen LogP contribution in [0.4, 0.5) is 4.39 Å². The molecule has 1 aliphatic heterocycles. The van der Waals surface area contributed by atoms with E-state index in [1.165, 1.54) is 29.4 Å². The Labute approximate surface area is 179 Å². The van der Waals surface area contributed by atoms with Crippen molar-refractivity contribution in [2.45, 2.75) is 19.6 Å². The van der Waals surface area contributed by atoms with Crippen LogP contribution in [0.2, 0.25) is 0 Å². The molecule has 1 aliphatic rings. The molecular formula is C25H24FN3O2. The van der Waals surface area contributed by atoms with E-state index in [-0.39, 0.29) is 18.0 Å². The van der Waals surface area contributed by atoms with E-state index in [1.807, 2.05) is 6.07 Å². The third-order valence-corrected chi connectivity index (χ3v) is 5.91. The van der Waals surface area contributed by atoms with Gasteiger partial charge in [-0.3, -0.25) is 9.36 Å². The minimum Gasteiger partial charge on any atom is -0.489 e. The smallest absolute Gasteiger partial charge is 0.258 e. The van der Waals surface area contributed by atoms with Crippen LogP contribution in [0.5, 0.6) is 5.75 Å². The Morgan fingerprint density at radius 2 is 1.81 bits per heavy atom. The first-order valence-corrected chi connectivity index (χ1v) is 10.5. The zero-order valence-electron chi connectivity index (χ0n) is 17.4. The fourth-order valence-electron chi connectivity index (χ4n) is 4.14. The van der Waals surface area contributed by atoms with E-state index in [0.717, 1.165) is 42.7 Å². The molecule has 2 aromatic heterocycles. The molecule has 0 saturated carbocycles. The number of ether oxygens (including phenoxy) is 1. The summed E-state index contributed by atoms with van der Waals surface area (Å²) < 4.78 is 22.7. The van der Waals surface area contributed by atoms with Crippen molar-refractivity contribution in [1.82, 2.24) is 14.0 Å². The van der Waals surface area contributed by atoms with Gasteiger partial charge in [0, 0.05) is 60.6 Å². The van der Waals surface area contributed by atoms with Crippen molar-refractivity contribution >= 4 is 10.9 Å². The first kappa shape index (κ1) is 19.6. The predicted octanol–water partition coefficient (Wildman–Crippen LogP) is 4.00. The van der Waals surface area contributed by atoms with Crippen LogP contribution in [0, 0.1) is 5.82 Å². The Bertz CT molecular complexity index is 1290. The second-order valence-corrected chi connectivity index (χ2v) is 8.07. The normalized spacial score (nSPS) is 14.4. The molecule has 6 heteroatoms. The van der Waals surface area contributed by atoms with Gasteiger partial charge in [0.05, 0.1) is 0 Å². The minimum atomic E-state index is -0.282. The van der Waals surface area contributed by atoms with Crippen molar-refractivity contribution in [3.8, 4) is 11.4 Å². The average Bonchev–Trinajstić information content (AvgIpc) is 3.02. The summed E-state index contributed by atoms with van der Waals surface area (Å²) >= 11 is 0. The van der Waals surface area contributed by atoms with Crippen LogP contribution in [-0.2, 0) is 19.6 Å². The van der Waals surface area contributed by atoms with E-state index in [1.54, 1.807) is 29.0 Å². The lowest BCUT2D eigenvalue weighted by Gasteiger charge is -2.12. The lowest BCUT2D eigenvalue weighted by atomic mass is 10.2. The fourth-order valence-corrected chi connectivity index (χ4v) is 4.14. The van der Waals surface area contributed by atoms with E-state index in [2.05, 4.69) is 34.7 Å². The fraction of sp³-hybridized carbons (Fsp3) is 0.240. The number of benzene rings is 2. The molecule has 158 valence electrons. The van der Waals surface area contributed by atoms with Crippen molar-refractivity contribution in [1.29, 1.82) is 0 Å². The molecule has 0 radical (unpaired) electrons. The molecule has 3 heterocycles. The first-order chi connectivity index (χ1) is 15.1. The second kappa shape index (κ2) is 8.04. The molecule has 0 unspecified atom stereocenters. The Balaban J connectivity index is 1.38. The maximum Gasteiger partial charge on any atom is 0.258 e. The van der Waals surface area contributed by atoms with Crippen molar-refractivity contribution in [2.24, 2.45) is 0 Å². The van der Waals surface area contributed by atoms with Gasteiger partial charge in [0.1, 0.15) is 18.2 Å². The Kier molecular flexibility index (Phi) is 5.08. The SMILES string of the molecule is CN1CCc2cc3cc(-n4ccc(OCc5ccc([18F])cc5)cc4=O)ccc3n2CC1. The largest absolute Gasteiger partial charge is 0.489 e. The number of nitrogens with zero attached hydrogens (tertiary/aromatic N) is 3. The summed E-state index contributed by atoms with van der Waals surface area (Å²) in [7, 11) is 2.16. The van der Waals surface area contributed by atoms with Gasteiger partial charge >= 0.3 is 0 Å². The van der Waals surface area contributed by atoms with Gasteiger partial charge in [-0.1, -0.05) is 12.1 Å². The van der Waals surface area contributed by atoms with Gasteiger partial charge in [-0.15, -0.1) is 0 Å². The molecule has 0 saturated heterocycles. The topological polar surface area (TPSA) is 39.4 Å². The van der Waals surface area contributed by atoms with E-state index in [4.69, 9.17) is 4.74 Å². The van der Waals surface area contributed by atoms with Gasteiger partial charge in [0.15, 0.2) is 0 Å². The number of halogens is 1. The van der Waals surface area contributed by atoms with Gasteiger partial charge in [-0.2, -0.15) is 0 Å². The van der Waals surface area contributed by atoms with Crippen LogP contribution in [0.25, 0.3) is 16.6 Å². The zero-order chi connectivity index (χ0) is 21.4. The van der Waals surface area contributed by atoms with E-state index >= 15 is 0 Å². The number of hydrogen-bond acceptors (Lipinski definition) is 3. The average molecular weight is 416 g/mol. The molecular weight excluding hydrogens is 392 g/mol. The van der Waals surface area contributed by atoms with E-state index in [9.17, 15) is 9.18 Å². The van der Waals surface area contributed by atoms with Crippen LogP contribution in [0.15, 0.2) is 71.7 Å². The molecule has 0 bridgehead atoms. The van der Waals surface area contributed by atoms with Crippen LogP contribution in [0.3, 0.4) is 0 Å². The van der Waals surface area contributed by atoms with Gasteiger partial charge < -0.3 is 14.2 Å². The maximum absolute atomic E-state index is 13.0. The molecule has 31 heavy (non-hydrogen) atoms. The first-order valence-electron chi connectivity index (χ1n) is 10.5. The van der Waals surface area contributed by atoms with Crippen molar-refractivity contribution in [3.05, 3.63) is 94.3 Å². The summed E-state index contributed by atoms with van der Waals surface area (Å²) in [6.07, 6.45) is 2.76. The van der Waals surface area contributed by atoms with Crippen LogP contribution in [-0.4, -0.2) is 34.2 Å². The predicted molar refractivity (Wildman–Crippen MR) is 119 cm³/mol. The lowest BCUT2D eigenvalue weighted by molar-refractivity contribution is 0.305. The third-order valence-electron chi connectivity index (χ3n) is 5.91. The summed E-state index contributed by atoms with van der Waals surface area (Å²) in [4.78, 5) is 15.1. The zero-order valence-corrected chi connectivity index (χ0v) is 17.4. The number of rotatable bonds is 4. The second-order valence-electron chi connectivity index (χ2n) is 8.07. The van der Waals surface area contributed by atoms with Gasteiger partial charge in [0.25, 0.3) is 5.56 Å². The summed E-state index contributed by atoms with van der Waals surface area (Å²) in [6.45, 7) is 3.36. The van der Waals surface area contributed by atoms with Crippen LogP contribution < -0.4 is 10.3 Å². The third kappa shape index (κ3) is 3.99. The molecule has 4 aromatic rings. The Hall–Kier alpha value is -3.38.